The third-order valence-electron chi connectivity index (χ3n) is 15.3. The Morgan fingerprint density at radius 1 is 0.323 bits per heavy atom. The van der Waals surface area contributed by atoms with Crippen molar-refractivity contribution in [3.05, 3.63) is 207 Å². The smallest absolute Gasteiger partial charge is 0.462 e. The highest BCUT2D eigenvalue weighted by molar-refractivity contribution is 7.47. The van der Waals surface area contributed by atoms with Crippen molar-refractivity contribution in [2.45, 2.75) is 277 Å². The number of esters is 2. The average molecular weight is 1350 g/mol. The van der Waals surface area contributed by atoms with Crippen molar-refractivity contribution in [3.8, 4) is 0 Å². The zero-order valence-corrected chi connectivity index (χ0v) is 62.4. The third kappa shape index (κ3) is 77.6. The van der Waals surface area contributed by atoms with E-state index in [-0.39, 0.29) is 32.0 Å². The molecule has 0 aromatic carbocycles. The number of phosphoric ester groups is 1. The van der Waals surface area contributed by atoms with Crippen molar-refractivity contribution < 1.29 is 42.1 Å². The van der Waals surface area contributed by atoms with E-state index < -0.39 is 26.5 Å². The molecule has 0 aromatic rings. The maximum atomic E-state index is 12.9. The van der Waals surface area contributed by atoms with Crippen LogP contribution in [-0.4, -0.2) is 74.9 Å². The first-order valence-corrected chi connectivity index (χ1v) is 39.3. The number of hydrogen-bond donors (Lipinski definition) is 1. The zero-order chi connectivity index (χ0) is 69.7. The normalized spacial score (nSPS) is 14.3. The fourth-order valence-electron chi connectivity index (χ4n) is 9.61. The number of rotatable bonds is 67. The molecule has 0 aliphatic rings. The average Bonchev–Trinajstić information content (AvgIpc) is 2.54. The molecule has 0 saturated carbocycles. The number of carbonyl (C=O) groups excluding carboxylic acids is 2. The lowest BCUT2D eigenvalue weighted by Crippen LogP contribution is -2.37. The molecule has 540 valence electrons. The van der Waals surface area contributed by atoms with E-state index in [1.54, 1.807) is 0 Å². The Kier molecular flexibility index (Phi) is 69.7. The van der Waals surface area contributed by atoms with Gasteiger partial charge in [0, 0.05) is 12.8 Å². The second-order valence-electron chi connectivity index (χ2n) is 25.6. The Bertz CT molecular complexity index is 2380. The van der Waals surface area contributed by atoms with Crippen LogP contribution in [0, 0.1) is 0 Å². The van der Waals surface area contributed by atoms with Crippen LogP contribution in [0.4, 0.5) is 0 Å². The number of likely N-dealkylation sites (N-methyl/N-ethyl adjacent to an activating group) is 1. The van der Waals surface area contributed by atoms with Crippen LogP contribution in [-0.2, 0) is 32.7 Å². The highest BCUT2D eigenvalue weighted by Gasteiger charge is 2.27. The standard InChI is InChI=1S/C86H138NO8P/c1-6-8-10-12-14-16-18-20-22-24-26-28-30-32-34-36-38-39-40-41-42-43-44-45-46-47-49-51-53-55-57-59-61-63-65-67-69-71-73-75-77-79-86(89)95-84(83-94-96(90,91)93-81-80-87(3,4)5)82-92-85(88)78-76-74-72-70-68-66-64-62-60-58-56-54-52-50-48-37-35-33-31-29-27-25-23-21-19-17-15-13-11-9-7-2/h8-11,14-17,20-23,26-29,32-35,38-39,41-42,44-45,47-50,54,56,60,62,84H,6-7,12-13,18-19,24-25,30-31,36-37,40,43,46,51-53,55,57-59,61,63-83H2,1-5H3/p+1/b10-8-,11-9-,16-14-,17-15-,22-20-,23-21-,28-26-,29-27-,34-32-,35-33-,39-38-,42-41-,45-44-,49-47-,50-48-,56-54-,62-60-. The van der Waals surface area contributed by atoms with Gasteiger partial charge in [0.15, 0.2) is 6.10 Å². The van der Waals surface area contributed by atoms with Crippen LogP contribution in [0.15, 0.2) is 207 Å². The van der Waals surface area contributed by atoms with Gasteiger partial charge in [0.1, 0.15) is 19.8 Å². The predicted molar refractivity (Wildman–Crippen MR) is 417 cm³/mol. The molecule has 0 rings (SSSR count). The molecule has 0 bridgehead atoms. The van der Waals surface area contributed by atoms with Gasteiger partial charge in [-0.25, -0.2) is 4.57 Å². The van der Waals surface area contributed by atoms with Crippen LogP contribution in [0.3, 0.4) is 0 Å². The molecular formula is C86H139NO8P+. The largest absolute Gasteiger partial charge is 0.472 e. The molecule has 96 heavy (non-hydrogen) atoms. The summed E-state index contributed by atoms with van der Waals surface area (Å²) in [6, 6.07) is 0. The Hall–Kier alpha value is -5.41. The summed E-state index contributed by atoms with van der Waals surface area (Å²) in [7, 11) is 1.44. The molecule has 0 aromatic heterocycles. The molecule has 2 unspecified atom stereocenters. The van der Waals surface area contributed by atoms with Gasteiger partial charge >= 0.3 is 19.8 Å². The molecule has 0 spiro atoms. The van der Waals surface area contributed by atoms with Crippen molar-refractivity contribution in [3.63, 3.8) is 0 Å². The number of phosphoric acid groups is 1. The molecular weight excluding hydrogens is 1210 g/mol. The number of quaternary nitrogens is 1. The minimum Gasteiger partial charge on any atom is -0.462 e. The first-order chi connectivity index (χ1) is 47.0. The van der Waals surface area contributed by atoms with Gasteiger partial charge in [-0.05, 0) is 148 Å². The first-order valence-electron chi connectivity index (χ1n) is 37.8. The predicted octanol–water partition coefficient (Wildman–Crippen LogP) is 25.4. The topological polar surface area (TPSA) is 108 Å². The van der Waals surface area contributed by atoms with E-state index in [9.17, 15) is 19.0 Å². The van der Waals surface area contributed by atoms with Crippen molar-refractivity contribution >= 4 is 19.8 Å². The summed E-state index contributed by atoms with van der Waals surface area (Å²) in [6.45, 7) is 4.17. The molecule has 0 aliphatic carbocycles. The zero-order valence-electron chi connectivity index (χ0n) is 61.5. The van der Waals surface area contributed by atoms with Crippen LogP contribution in [0.5, 0.6) is 0 Å². The monoisotopic (exact) mass is 1350 g/mol. The molecule has 0 saturated heterocycles. The summed E-state index contributed by atoms with van der Waals surface area (Å²) < 4.78 is 34.7. The Balaban J connectivity index is 4.11. The number of hydrogen-bond acceptors (Lipinski definition) is 7. The van der Waals surface area contributed by atoms with Gasteiger partial charge in [-0.3, -0.25) is 18.6 Å². The molecule has 1 N–H and O–H groups in total. The highest BCUT2D eigenvalue weighted by Crippen LogP contribution is 2.43. The van der Waals surface area contributed by atoms with Crippen LogP contribution in [0.25, 0.3) is 0 Å². The summed E-state index contributed by atoms with van der Waals surface area (Å²) in [6.07, 6.45) is 116. The van der Waals surface area contributed by atoms with Crippen LogP contribution in [0.1, 0.15) is 271 Å². The van der Waals surface area contributed by atoms with Gasteiger partial charge in [-0.1, -0.05) is 317 Å². The fourth-order valence-corrected chi connectivity index (χ4v) is 10.4. The molecule has 2 atom stereocenters. The lowest BCUT2D eigenvalue weighted by Gasteiger charge is -2.24. The minimum absolute atomic E-state index is 0.0187. The summed E-state index contributed by atoms with van der Waals surface area (Å²) in [4.78, 5) is 35.9. The molecule has 0 amide bonds. The summed E-state index contributed by atoms with van der Waals surface area (Å²) >= 11 is 0. The van der Waals surface area contributed by atoms with E-state index in [0.717, 1.165) is 167 Å². The third-order valence-corrected chi connectivity index (χ3v) is 16.3. The molecule has 9 nitrogen and oxygen atoms in total. The van der Waals surface area contributed by atoms with Crippen molar-refractivity contribution in [2.24, 2.45) is 0 Å². The van der Waals surface area contributed by atoms with Crippen LogP contribution >= 0.6 is 7.82 Å². The maximum absolute atomic E-state index is 12.9. The molecule has 0 fully saturated rings. The maximum Gasteiger partial charge on any atom is 0.472 e. The van der Waals surface area contributed by atoms with Gasteiger partial charge in [0.25, 0.3) is 0 Å². The van der Waals surface area contributed by atoms with E-state index in [4.69, 9.17) is 18.5 Å². The SMILES string of the molecule is CC/C=C\C/C=C\C/C=C\C/C=C\C/C=C\C/C=C\C/C=C\C/C=C\C/C=C\CCCCCCCCCCCCCCCC(=O)OC(COC(=O)CCCCCCCC/C=C\C/C=C\C/C=C\C/C=C\C/C=C\C/C=C\C/C=C\C/C=C\CC)COP(=O)(O)OCC[N+](C)(C)C. The molecule has 0 radical (unpaired) electrons. The van der Waals surface area contributed by atoms with Gasteiger partial charge in [-0.15, -0.1) is 0 Å². The number of allylic oxidation sites excluding steroid dienone is 34. The lowest BCUT2D eigenvalue weighted by molar-refractivity contribution is -0.870. The molecule has 0 aliphatic heterocycles. The number of unbranched alkanes of at least 4 members (excludes halogenated alkanes) is 19. The summed E-state index contributed by atoms with van der Waals surface area (Å²) in [5.74, 6) is -0.826. The van der Waals surface area contributed by atoms with Gasteiger partial charge < -0.3 is 18.9 Å². The number of nitrogens with zero attached hydrogens (tertiary/aromatic N) is 1. The van der Waals surface area contributed by atoms with E-state index in [1.165, 1.54) is 64.2 Å². The lowest BCUT2D eigenvalue weighted by atomic mass is 10.0. The Labute approximate surface area is 589 Å². The second-order valence-corrected chi connectivity index (χ2v) is 27.0. The highest BCUT2D eigenvalue weighted by atomic mass is 31.2. The van der Waals surface area contributed by atoms with E-state index in [2.05, 4.69) is 220 Å². The number of carbonyl (C=O) groups is 2. The minimum atomic E-state index is -4.41. The molecule has 0 heterocycles. The Morgan fingerprint density at radius 3 is 0.833 bits per heavy atom. The van der Waals surface area contributed by atoms with Gasteiger partial charge in [-0.2, -0.15) is 0 Å². The van der Waals surface area contributed by atoms with Crippen LogP contribution < -0.4 is 0 Å². The molecule has 10 heteroatoms. The van der Waals surface area contributed by atoms with Crippen molar-refractivity contribution in [1.29, 1.82) is 0 Å². The van der Waals surface area contributed by atoms with Crippen LogP contribution in [0.2, 0.25) is 0 Å². The number of ether oxygens (including phenoxy) is 2. The summed E-state index contributed by atoms with van der Waals surface area (Å²) in [5.41, 5.74) is 0. The second kappa shape index (κ2) is 73.8. The Morgan fingerprint density at radius 2 is 0.562 bits per heavy atom. The van der Waals surface area contributed by atoms with E-state index in [1.807, 2.05) is 21.1 Å². The summed E-state index contributed by atoms with van der Waals surface area (Å²) in [5, 5.41) is 0. The van der Waals surface area contributed by atoms with Gasteiger partial charge in [0.2, 0.25) is 0 Å². The quantitative estimate of drug-likeness (QED) is 0.0211. The van der Waals surface area contributed by atoms with Gasteiger partial charge in [0.05, 0.1) is 27.7 Å². The van der Waals surface area contributed by atoms with Crippen molar-refractivity contribution in [2.75, 3.05) is 47.5 Å². The van der Waals surface area contributed by atoms with E-state index in [0.29, 0.717) is 23.9 Å². The fraction of sp³-hybridized carbons (Fsp3) is 0.581. The van der Waals surface area contributed by atoms with Crippen molar-refractivity contribution in [1.82, 2.24) is 0 Å². The first kappa shape index (κ1) is 90.6. The van der Waals surface area contributed by atoms with E-state index >= 15 is 0 Å².